The molecule has 0 fully saturated rings. The normalized spacial score (nSPS) is 17.1. The fourth-order valence-corrected chi connectivity index (χ4v) is 15.1. The summed E-state index contributed by atoms with van der Waals surface area (Å²) in [5, 5.41) is 0.669. The van der Waals surface area contributed by atoms with Gasteiger partial charge in [0.1, 0.15) is 19.0 Å². The second-order valence-electron chi connectivity index (χ2n) is 22.5. The van der Waals surface area contributed by atoms with E-state index in [2.05, 4.69) is 36.2 Å². The van der Waals surface area contributed by atoms with Crippen LogP contribution in [-0.4, -0.2) is 155 Å². The van der Waals surface area contributed by atoms with Crippen LogP contribution in [0.25, 0.3) is 0 Å². The van der Waals surface area contributed by atoms with Crippen LogP contribution in [0.1, 0.15) is 80.8 Å². The summed E-state index contributed by atoms with van der Waals surface area (Å²) in [5.41, 5.74) is 9.80. The highest BCUT2D eigenvalue weighted by molar-refractivity contribution is 8.77. The zero-order valence-electron chi connectivity index (χ0n) is 49.4. The number of imide groups is 1. The van der Waals surface area contributed by atoms with Crippen molar-refractivity contribution in [3.63, 3.8) is 0 Å². The molecule has 3 atom stereocenters. The Balaban J connectivity index is 0.899. The van der Waals surface area contributed by atoms with Crippen molar-refractivity contribution in [1.82, 2.24) is 10.2 Å². The molecule has 10 rings (SSSR count). The van der Waals surface area contributed by atoms with Gasteiger partial charge in [-0.15, -0.1) is 0 Å². The number of methoxy groups -OCH3 is 2. The third-order valence-electron chi connectivity index (χ3n) is 15.8. The Bertz CT molecular complexity index is 3580. The van der Waals surface area contributed by atoms with E-state index in [0.717, 1.165) is 74.8 Å². The molecule has 5 aliphatic heterocycles. The van der Waals surface area contributed by atoms with E-state index >= 15 is 0 Å². The lowest BCUT2D eigenvalue weighted by molar-refractivity contribution is -0.137. The lowest BCUT2D eigenvalue weighted by Gasteiger charge is -2.34. The molecular weight excluding hydrogens is 1170 g/mol. The van der Waals surface area contributed by atoms with Gasteiger partial charge in [-0.1, -0.05) is 58.0 Å². The molecule has 1 unspecified atom stereocenters. The maximum atomic E-state index is 14.3. The second kappa shape index (κ2) is 27.8. The van der Waals surface area contributed by atoms with Crippen molar-refractivity contribution < 1.29 is 65.4 Å². The molecule has 87 heavy (non-hydrogen) atoms. The third-order valence-corrected chi connectivity index (χ3v) is 20.3. The lowest BCUT2D eigenvalue weighted by atomic mass is 9.98. The summed E-state index contributed by atoms with van der Waals surface area (Å²) in [7, 11) is 1.17. The Morgan fingerprint density at radius 3 is 2.14 bits per heavy atom. The van der Waals surface area contributed by atoms with Crippen molar-refractivity contribution in [1.29, 1.82) is 0 Å². The van der Waals surface area contributed by atoms with Crippen LogP contribution in [0.3, 0.4) is 0 Å². The van der Waals surface area contributed by atoms with Crippen LogP contribution in [0.2, 0.25) is 0 Å². The molecule has 0 aromatic heterocycles. The standard InChI is InChI=1S/C64H72N6O14S3/c1-41-28-50-44(14-15-47-32-45-10-6-8-12-53(45)69(47)62(50)74)34-55(41)83-38-42-29-43(39-84-57-36-52-51(35-56(57)80-5)63(75)70-49(37-66-52)33-46-11-7-9-13-54(46)70)31-48(30-42)67(21-22-81-25-26-82-24-23-79-4)40-64(2,3)86-85-27-18-58(87(76,77)78)61(73)65-19-20-68-59(71)16-17-60(68)72/h6-13,16-17,28-31,34-37,47,49,58H,14-15,18-27,32-33,38-40H2,1-5H3,(H,65,73)(H,76,77,78)/t47-,49+,58?/m1/s1. The Kier molecular flexibility index (Phi) is 20.1. The Labute approximate surface area is 515 Å². The number of ether oxygens (including phenoxy) is 6. The van der Waals surface area contributed by atoms with Crippen molar-refractivity contribution in [2.75, 3.05) is 93.9 Å². The average molecular weight is 1250 g/mol. The van der Waals surface area contributed by atoms with Crippen LogP contribution >= 0.6 is 21.6 Å². The van der Waals surface area contributed by atoms with Gasteiger partial charge in [0.25, 0.3) is 33.7 Å². The summed E-state index contributed by atoms with van der Waals surface area (Å²) in [4.78, 5) is 77.4. The first-order valence-corrected chi connectivity index (χ1v) is 32.8. The predicted octanol–water partition coefficient (Wildman–Crippen LogP) is 8.30. The molecule has 5 aromatic carbocycles. The van der Waals surface area contributed by atoms with Crippen LogP contribution in [0.5, 0.6) is 17.2 Å². The number of carbonyl (C=O) groups excluding carboxylic acids is 5. The molecule has 23 heteroatoms. The van der Waals surface area contributed by atoms with E-state index < -0.39 is 37.8 Å². The number of amides is 5. The largest absolute Gasteiger partial charge is 0.493 e. The maximum Gasteiger partial charge on any atom is 0.276 e. The first kappa shape index (κ1) is 62.8. The van der Waals surface area contributed by atoms with E-state index in [1.165, 1.54) is 34.3 Å². The van der Waals surface area contributed by atoms with Crippen molar-refractivity contribution in [2.24, 2.45) is 4.99 Å². The Hall–Kier alpha value is -7.25. The molecule has 5 aromatic rings. The second-order valence-corrected chi connectivity index (χ2v) is 27.2. The Morgan fingerprint density at radius 2 is 1.44 bits per heavy atom. The molecule has 5 heterocycles. The number of nitrogens with one attached hydrogen (secondary N) is 1. The number of hydrogen-bond acceptors (Lipinski definition) is 17. The molecule has 0 radical (unpaired) electrons. The van der Waals surface area contributed by atoms with Gasteiger partial charge in [-0.2, -0.15) is 8.42 Å². The maximum absolute atomic E-state index is 14.3. The molecule has 20 nitrogen and oxygen atoms in total. The number of nitrogens with zero attached hydrogens (tertiary/aromatic N) is 5. The van der Waals surface area contributed by atoms with Gasteiger partial charge in [-0.05, 0) is 128 Å². The molecule has 0 bridgehead atoms. The number of hydrogen-bond donors (Lipinski definition) is 2. The van der Waals surface area contributed by atoms with E-state index in [1.54, 1.807) is 24.1 Å². The number of aliphatic imine (C=N–C) groups is 1. The summed E-state index contributed by atoms with van der Waals surface area (Å²) in [6, 6.07) is 29.3. The molecule has 460 valence electrons. The number of para-hydroxylation sites is 2. The monoisotopic (exact) mass is 1240 g/mol. The predicted molar refractivity (Wildman–Crippen MR) is 336 cm³/mol. The van der Waals surface area contributed by atoms with E-state index in [4.69, 9.17) is 33.4 Å². The molecule has 0 saturated heterocycles. The van der Waals surface area contributed by atoms with Gasteiger partial charge >= 0.3 is 0 Å². The van der Waals surface area contributed by atoms with Gasteiger partial charge < -0.3 is 43.5 Å². The fraction of sp³-hybridized carbons (Fsp3) is 0.406. The Morgan fingerprint density at radius 1 is 0.782 bits per heavy atom. The van der Waals surface area contributed by atoms with Gasteiger partial charge in [-0.25, -0.2) is 0 Å². The average Bonchev–Trinajstić information content (AvgIpc) is 1.88. The van der Waals surface area contributed by atoms with E-state index in [0.29, 0.717) is 93.0 Å². The summed E-state index contributed by atoms with van der Waals surface area (Å²) in [6.07, 6.45) is 6.82. The van der Waals surface area contributed by atoms with E-state index in [9.17, 15) is 36.9 Å². The number of aryl methyl sites for hydroxylation is 2. The summed E-state index contributed by atoms with van der Waals surface area (Å²) < 4.78 is 70.9. The van der Waals surface area contributed by atoms with Crippen LogP contribution in [0, 0.1) is 6.92 Å². The van der Waals surface area contributed by atoms with E-state index in [1.807, 2.05) is 84.8 Å². The number of carbonyl (C=O) groups is 5. The van der Waals surface area contributed by atoms with Crippen molar-refractivity contribution in [3.05, 3.63) is 148 Å². The molecular formula is C64H72N6O14S3. The van der Waals surface area contributed by atoms with Crippen LogP contribution in [0.4, 0.5) is 22.7 Å². The molecule has 5 aliphatic rings. The quantitative estimate of drug-likeness (QED) is 0.0198. The number of fused-ring (bicyclic) bond motifs is 8. The molecule has 0 saturated carbocycles. The van der Waals surface area contributed by atoms with Crippen LogP contribution < -0.4 is 34.2 Å². The minimum Gasteiger partial charge on any atom is -0.493 e. The van der Waals surface area contributed by atoms with Gasteiger partial charge in [0.15, 0.2) is 16.7 Å². The molecule has 5 amide bonds. The lowest BCUT2D eigenvalue weighted by Crippen LogP contribution is -2.44. The first-order valence-electron chi connectivity index (χ1n) is 29.0. The summed E-state index contributed by atoms with van der Waals surface area (Å²) >= 11 is 0. The fourth-order valence-electron chi connectivity index (χ4n) is 11.6. The van der Waals surface area contributed by atoms with E-state index in [-0.39, 0.29) is 62.4 Å². The minimum atomic E-state index is -4.82. The summed E-state index contributed by atoms with van der Waals surface area (Å²) in [5.74, 6) is -0.628. The van der Waals surface area contributed by atoms with Crippen molar-refractivity contribution in [3.8, 4) is 17.2 Å². The van der Waals surface area contributed by atoms with Gasteiger partial charge in [0.05, 0.1) is 57.4 Å². The SMILES string of the molecule is COCCOCCOCCN(CC(C)(C)SSCCC(C(=O)NCCN1C(=O)C=CC1=O)S(=O)(=O)O)c1cc(COc2cc3c(cc2C)C(=O)N2c4ccccc4C[C@H]2CC3)cc(COc2cc3c(cc2OC)C(=O)N2c4ccccc4C[C@H]2C=N3)c1. The first-order chi connectivity index (χ1) is 41.9. The number of anilines is 3. The zero-order chi connectivity index (χ0) is 61.4. The van der Waals surface area contributed by atoms with Crippen molar-refractivity contribution >= 4 is 90.2 Å². The van der Waals surface area contributed by atoms with Gasteiger partial charge in [-0.3, -0.25) is 43.3 Å². The smallest absolute Gasteiger partial charge is 0.276 e. The third kappa shape index (κ3) is 14.8. The van der Waals surface area contributed by atoms with Gasteiger partial charge in [0, 0.05) is 103 Å². The summed E-state index contributed by atoms with van der Waals surface area (Å²) in [6.45, 7) is 8.73. The highest BCUT2D eigenvalue weighted by Crippen LogP contribution is 2.43. The molecule has 0 spiro atoms. The zero-order valence-corrected chi connectivity index (χ0v) is 51.8. The number of benzene rings is 5. The topological polar surface area (TPSA) is 232 Å². The van der Waals surface area contributed by atoms with Crippen LogP contribution in [0.15, 0.2) is 108 Å². The van der Waals surface area contributed by atoms with Crippen LogP contribution in [-0.2, 0) is 71.2 Å². The highest BCUT2D eigenvalue weighted by Gasteiger charge is 2.39. The minimum absolute atomic E-state index is 0.00484. The molecule has 2 N–H and O–H groups in total. The van der Waals surface area contributed by atoms with Gasteiger partial charge in [0.2, 0.25) is 5.91 Å². The highest BCUT2D eigenvalue weighted by atomic mass is 33.1. The molecule has 0 aliphatic carbocycles. The number of rotatable bonds is 29. The van der Waals surface area contributed by atoms with Crippen molar-refractivity contribution in [2.45, 2.75) is 88.2 Å².